The smallest absolute Gasteiger partial charge is 0.303 e. The second-order valence-corrected chi connectivity index (χ2v) is 10.5. The predicted molar refractivity (Wildman–Crippen MR) is 106 cm³/mol. The molecule has 2 unspecified atom stereocenters. The predicted octanol–water partition coefficient (Wildman–Crippen LogP) is 2.28. The molecule has 2 fully saturated rings. The number of anilines is 1. The summed E-state index contributed by atoms with van der Waals surface area (Å²) in [5.74, 6) is -1.10. The molecule has 1 N–H and O–H groups in total. The molecule has 2 aliphatic rings. The molecule has 2 saturated heterocycles. The molecule has 0 aliphatic carbocycles. The number of carboxylic acid groups (broad SMARTS) is 1. The van der Waals surface area contributed by atoms with E-state index in [2.05, 4.69) is 18.8 Å². The van der Waals surface area contributed by atoms with Crippen molar-refractivity contribution in [3.05, 3.63) is 29.8 Å². The van der Waals surface area contributed by atoms with Crippen LogP contribution in [0, 0.1) is 0 Å². The average Bonchev–Trinajstić information content (AvgIpc) is 3.03. The number of aliphatic imine (C=N–C) groups is 1. The number of carboxylic acids is 1. The minimum atomic E-state index is -3.12. The van der Waals surface area contributed by atoms with Crippen molar-refractivity contribution in [2.45, 2.75) is 43.9 Å². The molecule has 1 aromatic rings. The van der Waals surface area contributed by atoms with Crippen LogP contribution in [0.5, 0.6) is 0 Å². The Morgan fingerprint density at radius 3 is 2.48 bits per heavy atom. The van der Waals surface area contributed by atoms with Gasteiger partial charge in [-0.15, -0.1) is 0 Å². The number of carbonyl (C=O) groups is 2. The second-order valence-electron chi connectivity index (χ2n) is 7.10. The molecule has 2 atom stereocenters. The van der Waals surface area contributed by atoms with Gasteiger partial charge in [0.25, 0.3) is 0 Å². The van der Waals surface area contributed by atoms with Gasteiger partial charge in [0.15, 0.2) is 15.0 Å². The fourth-order valence-corrected chi connectivity index (χ4v) is 7.19. The van der Waals surface area contributed by atoms with E-state index in [-0.39, 0.29) is 35.6 Å². The summed E-state index contributed by atoms with van der Waals surface area (Å²) in [6.45, 7) is 4.18. The number of amidine groups is 1. The zero-order valence-electron chi connectivity index (χ0n) is 15.2. The van der Waals surface area contributed by atoms with Crippen LogP contribution in [0.25, 0.3) is 0 Å². The Morgan fingerprint density at radius 2 is 1.89 bits per heavy atom. The summed E-state index contributed by atoms with van der Waals surface area (Å²) in [4.78, 5) is 28.6. The fraction of sp³-hybridized carbons (Fsp3) is 0.500. The third kappa shape index (κ3) is 4.52. The van der Waals surface area contributed by atoms with Crippen LogP contribution in [0.3, 0.4) is 0 Å². The Labute approximate surface area is 162 Å². The van der Waals surface area contributed by atoms with Crippen molar-refractivity contribution in [3.8, 4) is 0 Å². The normalized spacial score (nSPS) is 25.1. The number of hydrogen-bond acceptors (Lipinski definition) is 5. The Hall–Kier alpha value is -1.87. The van der Waals surface area contributed by atoms with Crippen molar-refractivity contribution in [2.24, 2.45) is 4.99 Å². The maximum atomic E-state index is 12.1. The molecule has 0 spiro atoms. The summed E-state index contributed by atoms with van der Waals surface area (Å²) in [7, 11) is -3.12. The van der Waals surface area contributed by atoms with E-state index >= 15 is 0 Å². The van der Waals surface area contributed by atoms with E-state index in [1.165, 1.54) is 11.8 Å². The van der Waals surface area contributed by atoms with Crippen molar-refractivity contribution in [1.29, 1.82) is 0 Å². The number of sulfone groups is 1. The highest BCUT2D eigenvalue weighted by Crippen LogP contribution is 2.41. The third-order valence-corrected chi connectivity index (χ3v) is 7.89. The first-order valence-electron chi connectivity index (χ1n) is 8.76. The zero-order chi connectivity index (χ0) is 19.8. The lowest BCUT2D eigenvalue weighted by atomic mass is 10.0. The van der Waals surface area contributed by atoms with E-state index in [4.69, 9.17) is 5.11 Å². The molecule has 2 aliphatic heterocycles. The third-order valence-electron chi connectivity index (χ3n) is 4.68. The highest BCUT2D eigenvalue weighted by atomic mass is 32.2. The van der Waals surface area contributed by atoms with E-state index in [1.807, 2.05) is 29.2 Å². The number of fused-ring (bicyclic) bond motifs is 1. The highest BCUT2D eigenvalue weighted by molar-refractivity contribution is 8.16. The van der Waals surface area contributed by atoms with Crippen molar-refractivity contribution in [3.63, 3.8) is 0 Å². The lowest BCUT2D eigenvalue weighted by molar-refractivity contribution is -0.138. The number of aliphatic carboxylic acids is 1. The van der Waals surface area contributed by atoms with E-state index in [1.54, 1.807) is 0 Å². The number of amides is 1. The molecule has 0 bridgehead atoms. The first-order valence-corrected chi connectivity index (χ1v) is 11.5. The largest absolute Gasteiger partial charge is 0.481 e. The topological polar surface area (TPSA) is 104 Å². The Balaban J connectivity index is 1.90. The molecule has 1 amide bonds. The standard InChI is InChI=1S/C18H22N2O5S2/c1-11(2)12-3-5-13(6-4-12)20-14-9-27(24,25)10-15(14)26-18(20)19-16(21)7-8-17(22)23/h3-6,11,14-15H,7-10H2,1-2H3,(H,22,23). The summed E-state index contributed by atoms with van der Waals surface area (Å²) < 4.78 is 24.1. The number of thioether (sulfide) groups is 1. The zero-order valence-corrected chi connectivity index (χ0v) is 16.8. The van der Waals surface area contributed by atoms with Gasteiger partial charge < -0.3 is 10.0 Å². The molecule has 0 saturated carbocycles. The molecule has 2 heterocycles. The minimum Gasteiger partial charge on any atom is -0.481 e. The molecule has 0 radical (unpaired) electrons. The fourth-order valence-electron chi connectivity index (χ4n) is 3.26. The maximum Gasteiger partial charge on any atom is 0.303 e. The lowest BCUT2D eigenvalue weighted by Gasteiger charge is -2.25. The molecule has 3 rings (SSSR count). The van der Waals surface area contributed by atoms with Crippen LogP contribution in [0.2, 0.25) is 0 Å². The van der Waals surface area contributed by atoms with Crippen LogP contribution in [-0.4, -0.2) is 53.4 Å². The number of nitrogens with zero attached hydrogens (tertiary/aromatic N) is 2. The highest BCUT2D eigenvalue weighted by Gasteiger charge is 2.49. The van der Waals surface area contributed by atoms with Gasteiger partial charge >= 0.3 is 5.97 Å². The first kappa shape index (κ1) is 19.9. The summed E-state index contributed by atoms with van der Waals surface area (Å²) in [6, 6.07) is 7.55. The number of rotatable bonds is 5. The van der Waals surface area contributed by atoms with Gasteiger partial charge in [0.2, 0.25) is 5.91 Å². The summed E-state index contributed by atoms with van der Waals surface area (Å²) in [6.07, 6.45) is -0.447. The Bertz CT molecular complexity index is 878. The number of carbonyl (C=O) groups excluding carboxylic acids is 1. The van der Waals surface area contributed by atoms with E-state index < -0.39 is 21.7 Å². The van der Waals surface area contributed by atoms with Gasteiger partial charge in [0, 0.05) is 17.4 Å². The van der Waals surface area contributed by atoms with Crippen LogP contribution in [0.15, 0.2) is 29.3 Å². The molecular weight excluding hydrogens is 388 g/mol. The Morgan fingerprint density at radius 1 is 1.22 bits per heavy atom. The first-order chi connectivity index (χ1) is 12.7. The molecule has 27 heavy (non-hydrogen) atoms. The van der Waals surface area contributed by atoms with Gasteiger partial charge in [0.05, 0.1) is 24.0 Å². The summed E-state index contributed by atoms with van der Waals surface area (Å²) >= 11 is 1.29. The van der Waals surface area contributed by atoms with Crippen molar-refractivity contribution in [1.82, 2.24) is 0 Å². The molecule has 7 nitrogen and oxygen atoms in total. The second kappa shape index (κ2) is 7.63. The maximum absolute atomic E-state index is 12.1. The molecular formula is C18H22N2O5S2. The van der Waals surface area contributed by atoms with Crippen molar-refractivity contribution in [2.75, 3.05) is 16.4 Å². The monoisotopic (exact) mass is 410 g/mol. The summed E-state index contributed by atoms with van der Waals surface area (Å²) in [5, 5.41) is 9.01. The minimum absolute atomic E-state index is 0.0267. The van der Waals surface area contributed by atoms with Crippen molar-refractivity contribution >= 4 is 44.3 Å². The van der Waals surface area contributed by atoms with E-state index in [0.29, 0.717) is 11.1 Å². The van der Waals surface area contributed by atoms with Gasteiger partial charge in [-0.1, -0.05) is 37.7 Å². The lowest BCUT2D eigenvalue weighted by Crippen LogP contribution is -2.37. The average molecular weight is 411 g/mol. The van der Waals surface area contributed by atoms with Crippen LogP contribution in [-0.2, 0) is 19.4 Å². The quantitative estimate of drug-likeness (QED) is 0.794. The van der Waals surface area contributed by atoms with E-state index in [0.717, 1.165) is 11.3 Å². The summed E-state index contributed by atoms with van der Waals surface area (Å²) in [5.41, 5.74) is 1.96. The number of benzene rings is 1. The molecule has 0 aromatic heterocycles. The molecule has 146 valence electrons. The van der Waals surface area contributed by atoms with Gasteiger partial charge in [-0.3, -0.25) is 9.59 Å². The van der Waals surface area contributed by atoms with Crippen LogP contribution >= 0.6 is 11.8 Å². The molecule has 1 aromatic carbocycles. The Kier molecular flexibility index (Phi) is 5.62. The van der Waals surface area contributed by atoms with Gasteiger partial charge in [-0.05, 0) is 23.6 Å². The van der Waals surface area contributed by atoms with Crippen LogP contribution in [0.4, 0.5) is 5.69 Å². The van der Waals surface area contributed by atoms with Crippen LogP contribution in [0.1, 0.15) is 38.2 Å². The van der Waals surface area contributed by atoms with Gasteiger partial charge in [-0.2, -0.15) is 4.99 Å². The SMILES string of the molecule is CC(C)c1ccc(N2C(=NC(=O)CCC(=O)O)SC3CS(=O)(=O)CC32)cc1. The number of hydrogen-bond donors (Lipinski definition) is 1. The van der Waals surface area contributed by atoms with Crippen molar-refractivity contribution < 1.29 is 23.1 Å². The van der Waals surface area contributed by atoms with E-state index in [9.17, 15) is 18.0 Å². The van der Waals surface area contributed by atoms with Crippen LogP contribution < -0.4 is 4.90 Å². The molecule has 9 heteroatoms. The van der Waals surface area contributed by atoms with Gasteiger partial charge in [0.1, 0.15) is 0 Å². The van der Waals surface area contributed by atoms with Gasteiger partial charge in [-0.25, -0.2) is 8.42 Å².